The van der Waals surface area contributed by atoms with Gasteiger partial charge in [0, 0.05) is 18.1 Å². The molecule has 7 heteroatoms. The van der Waals surface area contributed by atoms with Gasteiger partial charge in [0.2, 0.25) is 0 Å². The van der Waals surface area contributed by atoms with E-state index in [0.717, 1.165) is 28.2 Å². The summed E-state index contributed by atoms with van der Waals surface area (Å²) in [5.74, 6) is 1.40. The van der Waals surface area contributed by atoms with Crippen LogP contribution in [0.4, 0.5) is 23.0 Å². The van der Waals surface area contributed by atoms with E-state index in [0.29, 0.717) is 10.8 Å². The van der Waals surface area contributed by atoms with Crippen LogP contribution in [0, 0.1) is 0 Å². The molecule has 0 unspecified atom stereocenters. The highest BCUT2D eigenvalue weighted by Gasteiger charge is 2.08. The van der Waals surface area contributed by atoms with Crippen molar-refractivity contribution in [2.45, 2.75) is 0 Å². The number of aromatic amines is 1. The van der Waals surface area contributed by atoms with Gasteiger partial charge in [-0.15, -0.1) is 0 Å². The van der Waals surface area contributed by atoms with E-state index in [9.17, 15) is 0 Å². The Bertz CT molecular complexity index is 983. The summed E-state index contributed by atoms with van der Waals surface area (Å²) < 4.78 is 0. The number of benzene rings is 1. The lowest BCUT2D eigenvalue weighted by Crippen LogP contribution is -1.96. The fraction of sp³-hybridized carbons (Fsp3) is 0. The molecular formula is C17H13ClN6. The summed E-state index contributed by atoms with van der Waals surface area (Å²) in [6.07, 6.45) is 3.46. The molecule has 0 saturated carbocycles. The Balaban J connectivity index is 1.58. The number of hydrogen-bond acceptors (Lipinski definition) is 5. The lowest BCUT2D eigenvalue weighted by Gasteiger charge is -2.10. The van der Waals surface area contributed by atoms with Gasteiger partial charge in [-0.2, -0.15) is 5.10 Å². The van der Waals surface area contributed by atoms with Crippen LogP contribution < -0.4 is 10.6 Å². The first-order chi connectivity index (χ1) is 11.8. The Morgan fingerprint density at radius 2 is 1.83 bits per heavy atom. The number of fused-ring (bicyclic) bond motifs is 1. The van der Waals surface area contributed by atoms with Crippen molar-refractivity contribution in [3.05, 3.63) is 65.9 Å². The third-order valence-electron chi connectivity index (χ3n) is 3.48. The molecule has 0 bridgehead atoms. The second-order valence-electron chi connectivity index (χ2n) is 5.13. The van der Waals surface area contributed by atoms with Crippen LogP contribution in [-0.2, 0) is 0 Å². The fourth-order valence-electron chi connectivity index (χ4n) is 2.35. The number of pyridine rings is 2. The van der Waals surface area contributed by atoms with Crippen molar-refractivity contribution in [2.75, 3.05) is 10.6 Å². The van der Waals surface area contributed by atoms with Crippen LogP contribution in [0.5, 0.6) is 0 Å². The predicted octanol–water partition coefficient (Wildman–Crippen LogP) is 4.49. The maximum Gasteiger partial charge on any atom is 0.178 e. The summed E-state index contributed by atoms with van der Waals surface area (Å²) in [5.41, 5.74) is 3.26. The zero-order valence-electron chi connectivity index (χ0n) is 12.5. The zero-order valence-corrected chi connectivity index (χ0v) is 13.2. The second kappa shape index (κ2) is 6.17. The molecule has 0 spiro atoms. The van der Waals surface area contributed by atoms with Crippen molar-refractivity contribution in [3.63, 3.8) is 0 Å². The van der Waals surface area contributed by atoms with Gasteiger partial charge in [-0.05, 0) is 42.5 Å². The van der Waals surface area contributed by atoms with E-state index in [4.69, 9.17) is 11.6 Å². The molecule has 4 aromatic rings. The molecule has 0 aliphatic heterocycles. The highest BCUT2D eigenvalue weighted by molar-refractivity contribution is 6.33. The monoisotopic (exact) mass is 336 g/mol. The summed E-state index contributed by atoms with van der Waals surface area (Å²) in [5, 5.41) is 14.2. The van der Waals surface area contributed by atoms with Gasteiger partial charge in [-0.1, -0.05) is 17.7 Å². The molecule has 3 heterocycles. The topological polar surface area (TPSA) is 78.5 Å². The fourth-order valence-corrected chi connectivity index (χ4v) is 2.57. The van der Waals surface area contributed by atoms with Gasteiger partial charge in [0.15, 0.2) is 5.82 Å². The lowest BCUT2D eigenvalue weighted by atomic mass is 10.2. The number of H-pyrrole nitrogens is 1. The van der Waals surface area contributed by atoms with Gasteiger partial charge < -0.3 is 10.6 Å². The number of hydrogen-bond donors (Lipinski definition) is 3. The molecule has 0 atom stereocenters. The van der Waals surface area contributed by atoms with Gasteiger partial charge in [0.25, 0.3) is 0 Å². The largest absolute Gasteiger partial charge is 0.339 e. The van der Waals surface area contributed by atoms with Gasteiger partial charge in [-0.25, -0.2) is 4.98 Å². The van der Waals surface area contributed by atoms with Crippen LogP contribution in [0.3, 0.4) is 0 Å². The third kappa shape index (κ3) is 2.87. The summed E-state index contributed by atoms with van der Waals surface area (Å²) >= 11 is 6.36. The standard InChI is InChI=1S/C17H13ClN6/c18-12-10-11(6-7-13(12)22-15-5-1-2-8-19-15)21-17-16-14(23-24-17)4-3-9-20-16/h1-10H,(H,19,22)(H2,21,23,24). The summed E-state index contributed by atoms with van der Waals surface area (Å²) in [6.45, 7) is 0. The van der Waals surface area contributed by atoms with Crippen LogP contribution in [0.15, 0.2) is 60.9 Å². The summed E-state index contributed by atoms with van der Waals surface area (Å²) in [7, 11) is 0. The minimum atomic E-state index is 0.582. The minimum absolute atomic E-state index is 0.582. The Morgan fingerprint density at radius 1 is 0.917 bits per heavy atom. The molecule has 3 N–H and O–H groups in total. The van der Waals surface area contributed by atoms with Gasteiger partial charge in [0.1, 0.15) is 11.3 Å². The molecule has 118 valence electrons. The predicted molar refractivity (Wildman–Crippen MR) is 96.1 cm³/mol. The molecule has 0 aliphatic rings. The van der Waals surface area contributed by atoms with Crippen molar-refractivity contribution in [1.29, 1.82) is 0 Å². The van der Waals surface area contributed by atoms with Crippen molar-refractivity contribution >= 4 is 45.6 Å². The molecule has 0 amide bonds. The van der Waals surface area contributed by atoms with Crippen molar-refractivity contribution in [2.24, 2.45) is 0 Å². The first-order valence-electron chi connectivity index (χ1n) is 7.33. The SMILES string of the molecule is Clc1cc(Nc2n[nH]c3cccnc23)ccc1Nc1ccccn1. The summed E-state index contributed by atoms with van der Waals surface area (Å²) in [4.78, 5) is 8.55. The van der Waals surface area contributed by atoms with Crippen LogP contribution in [0.25, 0.3) is 11.0 Å². The van der Waals surface area contributed by atoms with E-state index in [1.54, 1.807) is 12.4 Å². The van der Waals surface area contributed by atoms with E-state index in [-0.39, 0.29) is 0 Å². The highest BCUT2D eigenvalue weighted by atomic mass is 35.5. The Labute approximate surface area is 142 Å². The number of nitrogens with one attached hydrogen (secondary N) is 3. The van der Waals surface area contributed by atoms with E-state index >= 15 is 0 Å². The molecule has 0 aliphatic carbocycles. The number of nitrogens with zero attached hydrogens (tertiary/aromatic N) is 3. The van der Waals surface area contributed by atoms with Crippen molar-refractivity contribution in [3.8, 4) is 0 Å². The molecule has 6 nitrogen and oxygen atoms in total. The Morgan fingerprint density at radius 3 is 2.67 bits per heavy atom. The average molecular weight is 337 g/mol. The molecule has 0 radical (unpaired) electrons. The van der Waals surface area contributed by atoms with Crippen LogP contribution in [0.1, 0.15) is 0 Å². The highest BCUT2D eigenvalue weighted by Crippen LogP contribution is 2.30. The molecule has 24 heavy (non-hydrogen) atoms. The Hall–Kier alpha value is -3.12. The average Bonchev–Trinajstić information content (AvgIpc) is 3.01. The van der Waals surface area contributed by atoms with E-state index in [1.165, 1.54) is 0 Å². The van der Waals surface area contributed by atoms with Gasteiger partial charge in [0.05, 0.1) is 16.2 Å². The van der Waals surface area contributed by atoms with Crippen molar-refractivity contribution in [1.82, 2.24) is 20.2 Å². The minimum Gasteiger partial charge on any atom is -0.339 e. The number of aromatic nitrogens is 4. The molecule has 1 aromatic carbocycles. The van der Waals surface area contributed by atoms with Gasteiger partial charge in [-0.3, -0.25) is 10.1 Å². The first kappa shape index (κ1) is 14.5. The quantitative estimate of drug-likeness (QED) is 0.511. The first-order valence-corrected chi connectivity index (χ1v) is 7.71. The van der Waals surface area contributed by atoms with Gasteiger partial charge >= 0.3 is 0 Å². The maximum absolute atomic E-state index is 6.36. The molecule has 3 aromatic heterocycles. The number of rotatable bonds is 4. The van der Waals surface area contributed by atoms with E-state index < -0.39 is 0 Å². The molecule has 0 saturated heterocycles. The molecule has 4 rings (SSSR count). The number of anilines is 4. The van der Waals surface area contributed by atoms with E-state index in [2.05, 4.69) is 30.8 Å². The Kier molecular flexibility index (Phi) is 3.72. The van der Waals surface area contributed by atoms with Crippen LogP contribution in [0.2, 0.25) is 5.02 Å². The third-order valence-corrected chi connectivity index (χ3v) is 3.79. The second-order valence-corrected chi connectivity index (χ2v) is 5.54. The molecule has 0 fully saturated rings. The normalized spacial score (nSPS) is 10.7. The molecular weight excluding hydrogens is 324 g/mol. The number of halogens is 1. The zero-order chi connectivity index (χ0) is 16.4. The van der Waals surface area contributed by atoms with Crippen molar-refractivity contribution < 1.29 is 0 Å². The lowest BCUT2D eigenvalue weighted by molar-refractivity contribution is 1.12. The maximum atomic E-state index is 6.36. The smallest absolute Gasteiger partial charge is 0.178 e. The van der Waals surface area contributed by atoms with Crippen LogP contribution in [-0.4, -0.2) is 20.2 Å². The summed E-state index contributed by atoms with van der Waals surface area (Å²) in [6, 6.07) is 15.1. The van der Waals surface area contributed by atoms with E-state index in [1.807, 2.05) is 48.5 Å². The van der Waals surface area contributed by atoms with Crippen LogP contribution >= 0.6 is 11.6 Å².